The Balaban J connectivity index is 2.91. The monoisotopic (exact) mass is 207 g/mol. The van der Waals surface area contributed by atoms with E-state index in [1.165, 1.54) is 5.56 Å². The zero-order valence-corrected chi connectivity index (χ0v) is 9.83. The van der Waals surface area contributed by atoms with Gasteiger partial charge in [-0.3, -0.25) is 0 Å². The molecule has 0 spiro atoms. The Morgan fingerprint density at radius 3 is 2.53 bits per heavy atom. The SMILES string of the molecule is CCc1ccc(O)c(C(N)CC(C)C)c1. The van der Waals surface area contributed by atoms with E-state index >= 15 is 0 Å². The van der Waals surface area contributed by atoms with Crippen molar-refractivity contribution in [3.05, 3.63) is 29.3 Å². The Hall–Kier alpha value is -1.02. The molecular formula is C13H21NO. The summed E-state index contributed by atoms with van der Waals surface area (Å²) in [5.41, 5.74) is 8.16. The molecule has 0 aliphatic heterocycles. The van der Waals surface area contributed by atoms with Crippen LogP contribution in [0.3, 0.4) is 0 Å². The lowest BCUT2D eigenvalue weighted by Gasteiger charge is -2.16. The highest BCUT2D eigenvalue weighted by Gasteiger charge is 2.12. The van der Waals surface area contributed by atoms with E-state index in [0.29, 0.717) is 11.7 Å². The van der Waals surface area contributed by atoms with Gasteiger partial charge < -0.3 is 10.8 Å². The van der Waals surface area contributed by atoms with Crippen LogP contribution in [0.1, 0.15) is 44.4 Å². The molecule has 0 aliphatic carbocycles. The lowest BCUT2D eigenvalue weighted by atomic mass is 9.95. The fourth-order valence-electron chi connectivity index (χ4n) is 1.76. The van der Waals surface area contributed by atoms with E-state index in [4.69, 9.17) is 5.73 Å². The van der Waals surface area contributed by atoms with Crippen LogP contribution in [0.2, 0.25) is 0 Å². The maximum absolute atomic E-state index is 9.73. The van der Waals surface area contributed by atoms with Crippen LogP contribution < -0.4 is 5.73 Å². The summed E-state index contributed by atoms with van der Waals surface area (Å²) in [6, 6.07) is 5.65. The highest BCUT2D eigenvalue weighted by atomic mass is 16.3. The number of benzene rings is 1. The third-order valence-corrected chi connectivity index (χ3v) is 2.63. The van der Waals surface area contributed by atoms with E-state index in [1.807, 2.05) is 12.1 Å². The molecule has 15 heavy (non-hydrogen) atoms. The van der Waals surface area contributed by atoms with Crippen LogP contribution >= 0.6 is 0 Å². The minimum atomic E-state index is -0.0588. The summed E-state index contributed by atoms with van der Waals surface area (Å²) in [5, 5.41) is 9.73. The first-order valence-electron chi connectivity index (χ1n) is 5.62. The van der Waals surface area contributed by atoms with Crippen molar-refractivity contribution in [2.75, 3.05) is 0 Å². The predicted octanol–water partition coefficient (Wildman–Crippen LogP) is 3.00. The molecule has 1 aromatic rings. The van der Waals surface area contributed by atoms with Crippen molar-refractivity contribution in [2.24, 2.45) is 11.7 Å². The molecule has 0 heterocycles. The minimum Gasteiger partial charge on any atom is -0.508 e. The van der Waals surface area contributed by atoms with Crippen molar-refractivity contribution >= 4 is 0 Å². The number of hydrogen-bond donors (Lipinski definition) is 2. The molecule has 0 radical (unpaired) electrons. The molecule has 0 amide bonds. The molecule has 3 N–H and O–H groups in total. The van der Waals surface area contributed by atoms with Crippen molar-refractivity contribution in [3.8, 4) is 5.75 Å². The Morgan fingerprint density at radius 2 is 2.00 bits per heavy atom. The number of nitrogens with two attached hydrogens (primary N) is 1. The maximum atomic E-state index is 9.73. The van der Waals surface area contributed by atoms with Crippen LogP contribution in [0, 0.1) is 5.92 Å². The van der Waals surface area contributed by atoms with Gasteiger partial charge in [0.25, 0.3) is 0 Å². The predicted molar refractivity (Wildman–Crippen MR) is 63.9 cm³/mol. The normalized spacial score (nSPS) is 13.1. The number of aryl methyl sites for hydroxylation is 1. The highest BCUT2D eigenvalue weighted by molar-refractivity contribution is 5.38. The smallest absolute Gasteiger partial charge is 0.120 e. The summed E-state index contributed by atoms with van der Waals surface area (Å²) in [6.45, 7) is 6.38. The van der Waals surface area contributed by atoms with Gasteiger partial charge in [-0.2, -0.15) is 0 Å². The Morgan fingerprint density at radius 1 is 1.33 bits per heavy atom. The molecule has 0 saturated heterocycles. The van der Waals surface area contributed by atoms with Gasteiger partial charge >= 0.3 is 0 Å². The Kier molecular flexibility index (Phi) is 4.15. The van der Waals surface area contributed by atoms with E-state index in [9.17, 15) is 5.11 Å². The third kappa shape index (κ3) is 3.24. The molecule has 0 aliphatic rings. The molecule has 84 valence electrons. The van der Waals surface area contributed by atoms with Gasteiger partial charge in [0.2, 0.25) is 0 Å². The third-order valence-electron chi connectivity index (χ3n) is 2.63. The molecule has 0 saturated carbocycles. The first kappa shape index (κ1) is 12.1. The summed E-state index contributed by atoms with van der Waals surface area (Å²) in [4.78, 5) is 0. The number of aromatic hydroxyl groups is 1. The van der Waals surface area contributed by atoms with Gasteiger partial charge in [-0.1, -0.05) is 32.9 Å². The van der Waals surface area contributed by atoms with Crippen LogP contribution in [0.15, 0.2) is 18.2 Å². The molecule has 1 atom stereocenters. The average molecular weight is 207 g/mol. The van der Waals surface area contributed by atoms with Gasteiger partial charge in [0, 0.05) is 11.6 Å². The van der Waals surface area contributed by atoms with Crippen molar-refractivity contribution in [2.45, 2.75) is 39.7 Å². The maximum Gasteiger partial charge on any atom is 0.120 e. The molecule has 0 bridgehead atoms. The zero-order valence-electron chi connectivity index (χ0n) is 9.83. The fraction of sp³-hybridized carbons (Fsp3) is 0.538. The first-order valence-corrected chi connectivity index (χ1v) is 5.62. The first-order chi connectivity index (χ1) is 7.04. The number of phenolic OH excluding ortho intramolecular Hbond substituents is 1. The van der Waals surface area contributed by atoms with Gasteiger partial charge in [-0.05, 0) is 30.4 Å². The van der Waals surface area contributed by atoms with Crippen molar-refractivity contribution in [1.29, 1.82) is 0 Å². The van der Waals surface area contributed by atoms with Crippen LogP contribution in [0.5, 0.6) is 5.75 Å². The lowest BCUT2D eigenvalue weighted by molar-refractivity contribution is 0.445. The van der Waals surface area contributed by atoms with E-state index < -0.39 is 0 Å². The number of hydrogen-bond acceptors (Lipinski definition) is 2. The molecule has 1 rings (SSSR count). The molecule has 2 heteroatoms. The molecule has 1 unspecified atom stereocenters. The Labute approximate surface area is 92.1 Å². The fourth-order valence-corrected chi connectivity index (χ4v) is 1.76. The second kappa shape index (κ2) is 5.17. The molecule has 1 aromatic carbocycles. The summed E-state index contributed by atoms with van der Waals surface area (Å²) in [7, 11) is 0. The second-order valence-corrected chi connectivity index (χ2v) is 4.48. The molecular weight excluding hydrogens is 186 g/mol. The standard InChI is InChI=1S/C13H21NO/c1-4-10-5-6-13(15)11(8-10)12(14)7-9(2)3/h5-6,8-9,12,15H,4,7,14H2,1-3H3. The van der Waals surface area contributed by atoms with E-state index in [-0.39, 0.29) is 6.04 Å². The second-order valence-electron chi connectivity index (χ2n) is 4.48. The average Bonchev–Trinajstić information content (AvgIpc) is 2.17. The van der Waals surface area contributed by atoms with Crippen LogP contribution in [-0.4, -0.2) is 5.11 Å². The highest BCUT2D eigenvalue weighted by Crippen LogP contribution is 2.27. The topological polar surface area (TPSA) is 46.2 Å². The largest absolute Gasteiger partial charge is 0.508 e. The summed E-state index contributed by atoms with van der Waals surface area (Å²) < 4.78 is 0. The van der Waals surface area contributed by atoms with Gasteiger partial charge in [-0.15, -0.1) is 0 Å². The quantitative estimate of drug-likeness (QED) is 0.797. The van der Waals surface area contributed by atoms with Crippen molar-refractivity contribution in [3.63, 3.8) is 0 Å². The number of rotatable bonds is 4. The van der Waals surface area contributed by atoms with Gasteiger partial charge in [0.05, 0.1) is 0 Å². The van der Waals surface area contributed by atoms with Crippen LogP contribution in [0.4, 0.5) is 0 Å². The van der Waals surface area contributed by atoms with Gasteiger partial charge in [0.1, 0.15) is 5.75 Å². The van der Waals surface area contributed by atoms with Crippen molar-refractivity contribution < 1.29 is 5.11 Å². The number of phenols is 1. The minimum absolute atomic E-state index is 0.0588. The van der Waals surface area contributed by atoms with E-state index in [0.717, 1.165) is 18.4 Å². The Bertz CT molecular complexity index is 320. The van der Waals surface area contributed by atoms with E-state index in [2.05, 4.69) is 20.8 Å². The summed E-state index contributed by atoms with van der Waals surface area (Å²) >= 11 is 0. The lowest BCUT2D eigenvalue weighted by Crippen LogP contribution is -2.13. The molecule has 0 aromatic heterocycles. The van der Waals surface area contributed by atoms with Crippen molar-refractivity contribution in [1.82, 2.24) is 0 Å². The van der Waals surface area contributed by atoms with Crippen LogP contribution in [0.25, 0.3) is 0 Å². The van der Waals surface area contributed by atoms with Gasteiger partial charge in [-0.25, -0.2) is 0 Å². The summed E-state index contributed by atoms with van der Waals surface area (Å²) in [6.07, 6.45) is 1.88. The summed E-state index contributed by atoms with van der Waals surface area (Å²) in [5.74, 6) is 0.866. The molecule has 2 nitrogen and oxygen atoms in total. The zero-order chi connectivity index (χ0) is 11.4. The van der Waals surface area contributed by atoms with Crippen LogP contribution in [-0.2, 0) is 6.42 Å². The molecule has 0 fully saturated rings. The van der Waals surface area contributed by atoms with E-state index in [1.54, 1.807) is 6.07 Å². The van der Waals surface area contributed by atoms with Gasteiger partial charge in [0.15, 0.2) is 0 Å².